The standard InChI is InChI=1S/C5H5.C3H8O.5CH3.Ti/c1-2-4-5-3-1;1-3(2)4;;;;;;/h1-3H,4H2;3-4H,1-2H3;5*1H3;. The molecule has 0 bridgehead atoms. The maximum absolute atomic E-state index is 8.06. The number of aliphatic hydroxyl groups is 1. The van der Waals surface area contributed by atoms with Crippen LogP contribution in [0.5, 0.6) is 0 Å². The first-order chi connectivity index (χ1) is 6.33. The number of allylic oxidation sites excluding steroid dienone is 4. The van der Waals surface area contributed by atoms with Crippen molar-refractivity contribution in [2.24, 2.45) is 0 Å². The van der Waals surface area contributed by atoms with Crippen LogP contribution in [-0.2, 0) is 14.0 Å². The van der Waals surface area contributed by atoms with Crippen molar-refractivity contribution in [3.05, 3.63) is 22.1 Å². The summed E-state index contributed by atoms with van der Waals surface area (Å²) < 4.78 is 1.70. The van der Waals surface area contributed by atoms with Gasteiger partial charge in [0, 0.05) is 6.10 Å². The topological polar surface area (TPSA) is 20.2 Å². The molecule has 0 spiro atoms. The fraction of sp³-hybridized carbons (Fsp3) is 0.692. The van der Waals surface area contributed by atoms with Gasteiger partial charge in [0.2, 0.25) is 0 Å². The molecule has 0 fully saturated rings. The van der Waals surface area contributed by atoms with Gasteiger partial charge in [-0.05, 0) is 13.8 Å². The first kappa shape index (κ1) is 15.2. The van der Waals surface area contributed by atoms with E-state index in [2.05, 4.69) is 44.4 Å². The van der Waals surface area contributed by atoms with Crippen LogP contribution in [0.1, 0.15) is 20.3 Å². The van der Waals surface area contributed by atoms with Crippen LogP contribution in [0, 0.1) is 0 Å². The number of aliphatic hydroxyl groups excluding tert-OH is 1. The quantitative estimate of drug-likeness (QED) is 0.668. The molecule has 1 rings (SSSR count). The van der Waals surface area contributed by atoms with Crippen LogP contribution in [0.4, 0.5) is 0 Å². The normalized spacial score (nSPS) is 20.2. The Morgan fingerprint density at radius 3 is 1.67 bits per heavy atom. The Bertz CT molecular complexity index is 271. The molecule has 0 aliphatic heterocycles. The van der Waals surface area contributed by atoms with Crippen LogP contribution in [0.25, 0.3) is 0 Å². The molecule has 2 heteroatoms. The van der Waals surface area contributed by atoms with Gasteiger partial charge in [0.15, 0.2) is 0 Å². The molecule has 0 aromatic heterocycles. The molecule has 1 N–H and O–H groups in total. The summed E-state index contributed by atoms with van der Waals surface area (Å²) in [6, 6.07) is 0. The third kappa shape index (κ3) is 7.11. The molecule has 0 aromatic carbocycles. The average molecular weight is 248 g/mol. The second kappa shape index (κ2) is 3.87. The minimum atomic E-state index is -2.61. The molecular formula is C13H28OTi. The summed E-state index contributed by atoms with van der Waals surface area (Å²) in [6.45, 7) is 3.44. The van der Waals surface area contributed by atoms with Gasteiger partial charge in [0.05, 0.1) is 0 Å². The van der Waals surface area contributed by atoms with Crippen molar-refractivity contribution in [1.29, 1.82) is 0 Å². The van der Waals surface area contributed by atoms with Crippen LogP contribution in [0.3, 0.4) is 0 Å². The van der Waals surface area contributed by atoms with Crippen molar-refractivity contribution in [3.8, 4) is 0 Å². The van der Waals surface area contributed by atoms with Crippen molar-refractivity contribution in [1.82, 2.24) is 0 Å². The summed E-state index contributed by atoms with van der Waals surface area (Å²) in [6.07, 6.45) is 7.82. The molecule has 0 aromatic rings. The predicted octanol–water partition coefficient (Wildman–Crippen LogP) is 4.68. The van der Waals surface area contributed by atoms with Gasteiger partial charge >= 0.3 is 68.7 Å². The van der Waals surface area contributed by atoms with Gasteiger partial charge in [0.25, 0.3) is 0 Å². The van der Waals surface area contributed by atoms with E-state index in [1.165, 1.54) is 6.42 Å². The van der Waals surface area contributed by atoms with E-state index >= 15 is 0 Å². The van der Waals surface area contributed by atoms with Crippen molar-refractivity contribution in [3.63, 3.8) is 0 Å². The SMILES string of the molecule is CC(C)O.[CH3][Ti]([CH3])([CH3])([CH3])([CH3])[C]1=CC=CC1. The predicted molar refractivity (Wildman–Crippen MR) is 68.5 cm³/mol. The third-order valence-corrected chi connectivity index (χ3v) is 7.97. The summed E-state index contributed by atoms with van der Waals surface area (Å²) in [7, 11) is 0. The maximum atomic E-state index is 8.06. The van der Waals surface area contributed by atoms with E-state index in [4.69, 9.17) is 5.11 Å². The molecule has 0 amide bonds. The monoisotopic (exact) mass is 248 g/mol. The first-order valence-corrected chi connectivity index (χ1v) is 14.5. The Morgan fingerprint density at radius 2 is 1.53 bits per heavy atom. The zero-order chi connectivity index (χ0) is 12.4. The third-order valence-electron chi connectivity index (χ3n) is 2.38. The van der Waals surface area contributed by atoms with Crippen molar-refractivity contribution >= 4 is 0 Å². The van der Waals surface area contributed by atoms with E-state index in [0.717, 1.165) is 0 Å². The Hall–Kier alpha value is 0.154. The Balaban J connectivity index is 0.000000423. The van der Waals surface area contributed by atoms with Crippen LogP contribution in [0.15, 0.2) is 22.1 Å². The average Bonchev–Trinajstić information content (AvgIpc) is 2.27. The van der Waals surface area contributed by atoms with Crippen molar-refractivity contribution in [2.45, 2.75) is 52.5 Å². The van der Waals surface area contributed by atoms with Crippen LogP contribution in [-0.4, -0.2) is 11.2 Å². The van der Waals surface area contributed by atoms with Gasteiger partial charge in [-0.3, -0.25) is 0 Å². The number of hydrogen-bond acceptors (Lipinski definition) is 1. The Kier molecular flexibility index (Phi) is 3.91. The first-order valence-electron chi connectivity index (χ1n) is 5.88. The van der Waals surface area contributed by atoms with Gasteiger partial charge < -0.3 is 5.11 Å². The fourth-order valence-corrected chi connectivity index (χ4v) is 4.60. The molecule has 0 atom stereocenters. The molecule has 0 saturated carbocycles. The molecule has 0 radical (unpaired) electrons. The Morgan fingerprint density at radius 1 is 1.13 bits per heavy atom. The zero-order valence-electron chi connectivity index (χ0n) is 11.5. The van der Waals surface area contributed by atoms with E-state index in [0.29, 0.717) is 0 Å². The number of rotatable bonds is 1. The van der Waals surface area contributed by atoms with Crippen molar-refractivity contribution in [2.75, 3.05) is 0 Å². The molecule has 1 aliphatic carbocycles. The Labute approximate surface area is 93.7 Å². The van der Waals surface area contributed by atoms with E-state index in [-0.39, 0.29) is 6.10 Å². The van der Waals surface area contributed by atoms with Gasteiger partial charge in [-0.25, -0.2) is 0 Å². The van der Waals surface area contributed by atoms with Crippen molar-refractivity contribution < 1.29 is 19.1 Å². The molecule has 0 saturated heterocycles. The van der Waals surface area contributed by atoms with Gasteiger partial charge in [-0.15, -0.1) is 0 Å². The second-order valence-corrected chi connectivity index (χ2v) is 29.2. The molecule has 90 valence electrons. The second-order valence-electron chi connectivity index (χ2n) is 8.67. The summed E-state index contributed by atoms with van der Waals surface area (Å²) in [5, 5.41) is 20.5. The van der Waals surface area contributed by atoms with Crippen LogP contribution < -0.4 is 0 Å². The summed E-state index contributed by atoms with van der Waals surface area (Å²) in [5.74, 6) is 0. The van der Waals surface area contributed by atoms with E-state index in [9.17, 15) is 0 Å². The molecular weight excluding hydrogens is 220 g/mol. The summed E-state index contributed by atoms with van der Waals surface area (Å²) in [4.78, 5) is 0. The van der Waals surface area contributed by atoms with Gasteiger partial charge in [0.1, 0.15) is 0 Å². The minimum absolute atomic E-state index is 0.167. The van der Waals surface area contributed by atoms with E-state index < -0.39 is 14.0 Å². The van der Waals surface area contributed by atoms with Crippen LogP contribution in [0.2, 0.25) is 26.1 Å². The van der Waals surface area contributed by atoms with E-state index in [1.807, 2.05) is 0 Å². The molecule has 1 nitrogen and oxygen atoms in total. The summed E-state index contributed by atoms with van der Waals surface area (Å²) in [5.41, 5.74) is 0. The summed E-state index contributed by atoms with van der Waals surface area (Å²) >= 11 is -2.61. The van der Waals surface area contributed by atoms with Gasteiger partial charge in [-0.1, -0.05) is 0 Å². The molecule has 1 aliphatic rings. The van der Waals surface area contributed by atoms with Crippen LogP contribution >= 0.6 is 0 Å². The molecule has 15 heavy (non-hydrogen) atoms. The van der Waals surface area contributed by atoms with Gasteiger partial charge in [-0.2, -0.15) is 0 Å². The van der Waals surface area contributed by atoms with E-state index in [1.54, 1.807) is 17.7 Å². The zero-order valence-corrected chi connectivity index (χ0v) is 13.0. The molecule has 0 heterocycles. The fourth-order valence-electron chi connectivity index (χ4n) is 1.37. The molecule has 0 unspecified atom stereocenters. The number of hydrogen-bond donors (Lipinski definition) is 1.